The van der Waals surface area contributed by atoms with E-state index in [1.54, 1.807) is 7.05 Å². The zero-order valence-electron chi connectivity index (χ0n) is 9.96. The maximum Gasteiger partial charge on any atom is 0.255 e. The molecule has 0 atom stereocenters. The molecular formula is C12H14Cl2FNO2. The molecule has 0 fully saturated rings. The Morgan fingerprint density at radius 3 is 2.78 bits per heavy atom. The number of alkyl halides is 1. The Hall–Kier alpha value is -0.840. The highest BCUT2D eigenvalue weighted by molar-refractivity contribution is 6.33. The molecule has 0 unspecified atom stereocenters. The molecule has 1 amide bonds. The average Bonchev–Trinajstić information content (AvgIpc) is 2.33. The lowest BCUT2D eigenvalue weighted by atomic mass is 10.2. The Kier molecular flexibility index (Phi) is 6.39. The Labute approximate surface area is 115 Å². The number of likely N-dealkylation sites (N-methyl/N-ethyl adjacent to an activating group) is 1. The van der Waals surface area contributed by atoms with Gasteiger partial charge in [0, 0.05) is 19.5 Å². The molecule has 0 bridgehead atoms. The number of halogens is 3. The summed E-state index contributed by atoms with van der Waals surface area (Å²) in [4.78, 5) is 13.4. The van der Waals surface area contributed by atoms with Crippen LogP contribution in [0.5, 0.6) is 0 Å². The third kappa shape index (κ3) is 4.44. The molecule has 3 nitrogen and oxygen atoms in total. The van der Waals surface area contributed by atoms with Crippen LogP contribution in [-0.2, 0) is 4.74 Å². The topological polar surface area (TPSA) is 29.5 Å². The highest BCUT2D eigenvalue weighted by Crippen LogP contribution is 2.18. The number of hydrogen-bond acceptors (Lipinski definition) is 2. The summed E-state index contributed by atoms with van der Waals surface area (Å²) in [5.41, 5.74) is 0.276. The average molecular weight is 294 g/mol. The third-order valence-electron chi connectivity index (χ3n) is 2.30. The van der Waals surface area contributed by atoms with Crippen LogP contribution in [0, 0.1) is 5.82 Å². The number of rotatable bonds is 6. The Morgan fingerprint density at radius 1 is 1.44 bits per heavy atom. The van der Waals surface area contributed by atoms with E-state index in [4.69, 9.17) is 27.9 Å². The molecule has 1 rings (SSSR count). The second-order valence-corrected chi connectivity index (χ2v) is 4.44. The molecule has 0 heterocycles. The number of benzene rings is 1. The quantitative estimate of drug-likeness (QED) is 0.596. The smallest absolute Gasteiger partial charge is 0.255 e. The van der Waals surface area contributed by atoms with Gasteiger partial charge in [-0.05, 0) is 18.2 Å². The van der Waals surface area contributed by atoms with Crippen molar-refractivity contribution in [1.82, 2.24) is 4.90 Å². The van der Waals surface area contributed by atoms with Crippen molar-refractivity contribution in [3.63, 3.8) is 0 Å². The minimum Gasteiger partial charge on any atom is -0.378 e. The van der Waals surface area contributed by atoms with Gasteiger partial charge in [-0.25, -0.2) is 4.39 Å². The second-order valence-electron chi connectivity index (χ2n) is 3.65. The lowest BCUT2D eigenvalue weighted by molar-refractivity contribution is 0.0712. The Balaban J connectivity index is 2.57. The predicted molar refractivity (Wildman–Crippen MR) is 69.9 cm³/mol. The van der Waals surface area contributed by atoms with Gasteiger partial charge in [0.15, 0.2) is 0 Å². The summed E-state index contributed by atoms with van der Waals surface area (Å²) in [7, 11) is 1.63. The molecule has 0 saturated heterocycles. The Morgan fingerprint density at radius 2 is 2.17 bits per heavy atom. The fraction of sp³-hybridized carbons (Fsp3) is 0.417. The van der Waals surface area contributed by atoms with Gasteiger partial charge in [0.05, 0.1) is 23.8 Å². The highest BCUT2D eigenvalue weighted by atomic mass is 35.5. The van der Waals surface area contributed by atoms with Crippen molar-refractivity contribution in [1.29, 1.82) is 0 Å². The van der Waals surface area contributed by atoms with Gasteiger partial charge >= 0.3 is 0 Å². The zero-order valence-corrected chi connectivity index (χ0v) is 11.5. The van der Waals surface area contributed by atoms with Crippen molar-refractivity contribution < 1.29 is 13.9 Å². The number of nitrogens with zero attached hydrogens (tertiary/aromatic N) is 1. The molecule has 0 spiro atoms. The van der Waals surface area contributed by atoms with Crippen LogP contribution < -0.4 is 0 Å². The Bertz CT molecular complexity index is 415. The minimum atomic E-state index is -0.468. The first-order chi connectivity index (χ1) is 8.56. The molecule has 1 aromatic rings. The van der Waals surface area contributed by atoms with Gasteiger partial charge in [0.1, 0.15) is 5.82 Å². The second kappa shape index (κ2) is 7.56. The van der Waals surface area contributed by atoms with Crippen molar-refractivity contribution in [2.75, 3.05) is 32.7 Å². The molecule has 0 aliphatic rings. The monoisotopic (exact) mass is 293 g/mol. The van der Waals surface area contributed by atoms with E-state index in [0.29, 0.717) is 25.6 Å². The van der Waals surface area contributed by atoms with E-state index in [1.807, 2.05) is 0 Å². The molecule has 0 radical (unpaired) electrons. The van der Waals surface area contributed by atoms with Crippen LogP contribution in [0.2, 0.25) is 5.02 Å². The normalized spacial score (nSPS) is 10.4. The first kappa shape index (κ1) is 15.2. The van der Waals surface area contributed by atoms with Gasteiger partial charge in [0.2, 0.25) is 0 Å². The minimum absolute atomic E-state index is 0.105. The van der Waals surface area contributed by atoms with Gasteiger partial charge in [-0.2, -0.15) is 0 Å². The maximum absolute atomic E-state index is 12.9. The van der Waals surface area contributed by atoms with Crippen LogP contribution in [0.4, 0.5) is 4.39 Å². The SMILES string of the molecule is CN(CCOCCCl)C(=O)c1ccc(F)cc1Cl. The van der Waals surface area contributed by atoms with Crippen LogP contribution >= 0.6 is 23.2 Å². The standard InChI is InChI=1S/C12H14Cl2FNO2/c1-16(5-7-18-6-4-13)12(17)10-3-2-9(15)8-11(10)14/h2-3,8H,4-7H2,1H3. The lowest BCUT2D eigenvalue weighted by Gasteiger charge is -2.17. The fourth-order valence-electron chi connectivity index (χ4n) is 1.33. The van der Waals surface area contributed by atoms with Crippen molar-refractivity contribution in [2.24, 2.45) is 0 Å². The number of carbonyl (C=O) groups is 1. The molecular weight excluding hydrogens is 280 g/mol. The summed E-state index contributed by atoms with van der Waals surface area (Å²) < 4.78 is 18.0. The van der Waals surface area contributed by atoms with E-state index in [0.717, 1.165) is 6.07 Å². The fourth-order valence-corrected chi connectivity index (χ4v) is 1.69. The number of amides is 1. The van der Waals surface area contributed by atoms with E-state index in [1.165, 1.54) is 17.0 Å². The predicted octanol–water partition coefficient (Wildman–Crippen LogP) is 2.81. The lowest BCUT2D eigenvalue weighted by Crippen LogP contribution is -2.30. The first-order valence-corrected chi connectivity index (χ1v) is 6.31. The van der Waals surface area contributed by atoms with E-state index in [9.17, 15) is 9.18 Å². The molecule has 1 aromatic carbocycles. The van der Waals surface area contributed by atoms with Crippen LogP contribution in [0.25, 0.3) is 0 Å². The highest BCUT2D eigenvalue weighted by Gasteiger charge is 2.15. The van der Waals surface area contributed by atoms with Gasteiger partial charge < -0.3 is 9.64 Å². The largest absolute Gasteiger partial charge is 0.378 e. The van der Waals surface area contributed by atoms with Crippen LogP contribution in [0.15, 0.2) is 18.2 Å². The van der Waals surface area contributed by atoms with E-state index < -0.39 is 5.82 Å². The van der Waals surface area contributed by atoms with Crippen molar-refractivity contribution in [3.8, 4) is 0 Å². The van der Waals surface area contributed by atoms with E-state index >= 15 is 0 Å². The zero-order chi connectivity index (χ0) is 13.5. The molecule has 100 valence electrons. The van der Waals surface area contributed by atoms with Crippen LogP contribution in [0.1, 0.15) is 10.4 Å². The van der Waals surface area contributed by atoms with Crippen LogP contribution in [-0.4, -0.2) is 43.5 Å². The van der Waals surface area contributed by atoms with Crippen molar-refractivity contribution >= 4 is 29.1 Å². The van der Waals surface area contributed by atoms with Crippen molar-refractivity contribution in [2.45, 2.75) is 0 Å². The molecule has 6 heteroatoms. The molecule has 0 N–H and O–H groups in total. The summed E-state index contributed by atoms with van der Waals surface area (Å²) in [6.07, 6.45) is 0. The van der Waals surface area contributed by atoms with Gasteiger partial charge in [-0.1, -0.05) is 11.6 Å². The summed E-state index contributed by atoms with van der Waals surface area (Å²) >= 11 is 11.3. The summed E-state index contributed by atoms with van der Waals surface area (Å²) in [6.45, 7) is 1.26. The molecule has 0 saturated carbocycles. The number of ether oxygens (including phenoxy) is 1. The first-order valence-electron chi connectivity index (χ1n) is 5.40. The van der Waals surface area contributed by atoms with E-state index in [2.05, 4.69) is 0 Å². The van der Waals surface area contributed by atoms with Gasteiger partial charge in [-0.3, -0.25) is 4.79 Å². The summed E-state index contributed by atoms with van der Waals surface area (Å²) in [6, 6.07) is 3.69. The molecule has 0 aromatic heterocycles. The number of hydrogen-bond donors (Lipinski definition) is 0. The van der Waals surface area contributed by atoms with E-state index in [-0.39, 0.29) is 16.5 Å². The van der Waals surface area contributed by atoms with Gasteiger partial charge in [0.25, 0.3) is 5.91 Å². The molecule has 0 aliphatic carbocycles. The summed E-state index contributed by atoms with van der Waals surface area (Å²) in [5.74, 6) is -0.319. The van der Waals surface area contributed by atoms with Gasteiger partial charge in [-0.15, -0.1) is 11.6 Å². The summed E-state index contributed by atoms with van der Waals surface area (Å²) in [5, 5.41) is 0.105. The molecule has 18 heavy (non-hydrogen) atoms. The third-order valence-corrected chi connectivity index (χ3v) is 2.77. The molecule has 0 aliphatic heterocycles. The number of carbonyl (C=O) groups excluding carboxylic acids is 1. The maximum atomic E-state index is 12.9. The van der Waals surface area contributed by atoms with Crippen molar-refractivity contribution in [3.05, 3.63) is 34.6 Å². The van der Waals surface area contributed by atoms with Crippen LogP contribution in [0.3, 0.4) is 0 Å².